The van der Waals surface area contributed by atoms with Crippen LogP contribution in [0.1, 0.15) is 23.5 Å². The van der Waals surface area contributed by atoms with Gasteiger partial charge in [0.05, 0.1) is 26.2 Å². The minimum absolute atomic E-state index is 0.0252. The number of benzene rings is 1. The zero-order chi connectivity index (χ0) is 21.3. The number of aromatic nitrogens is 2. The summed E-state index contributed by atoms with van der Waals surface area (Å²) in [5.41, 5.74) is 0.301. The second kappa shape index (κ2) is 7.94. The third kappa shape index (κ3) is 3.38. The lowest BCUT2D eigenvalue weighted by atomic mass is 9.89. The van der Waals surface area contributed by atoms with Gasteiger partial charge in [-0.1, -0.05) is 6.07 Å². The molecule has 0 amide bonds. The van der Waals surface area contributed by atoms with E-state index in [1.807, 2.05) is 0 Å². The Morgan fingerprint density at radius 2 is 2.07 bits per heavy atom. The first-order chi connectivity index (χ1) is 14.5. The van der Waals surface area contributed by atoms with Gasteiger partial charge in [-0.25, -0.2) is 0 Å². The van der Waals surface area contributed by atoms with E-state index in [1.54, 1.807) is 36.5 Å². The summed E-state index contributed by atoms with van der Waals surface area (Å²) in [4.78, 5) is 29.5. The third-order valence-corrected chi connectivity index (χ3v) is 4.95. The van der Waals surface area contributed by atoms with Gasteiger partial charge in [-0.15, -0.1) is 0 Å². The van der Waals surface area contributed by atoms with E-state index in [2.05, 4.69) is 4.98 Å². The van der Waals surface area contributed by atoms with Crippen molar-refractivity contribution in [3.8, 4) is 23.1 Å². The molecular formula is C21H20N2O7. The number of nitrogens with zero attached hydrogens (tertiary/aromatic N) is 2. The molecule has 2 aromatic heterocycles. The summed E-state index contributed by atoms with van der Waals surface area (Å²) in [6.07, 6.45) is 1.36. The van der Waals surface area contributed by atoms with E-state index < -0.39 is 23.3 Å². The molecule has 1 N–H and O–H groups in total. The molecule has 0 unspecified atom stereocenters. The summed E-state index contributed by atoms with van der Waals surface area (Å²) in [6, 6.07) is 8.31. The Labute approximate surface area is 171 Å². The van der Waals surface area contributed by atoms with Gasteiger partial charge in [0.15, 0.2) is 11.5 Å². The van der Waals surface area contributed by atoms with Crippen LogP contribution >= 0.6 is 0 Å². The summed E-state index contributed by atoms with van der Waals surface area (Å²) in [6.45, 7) is 0.734. The maximum atomic E-state index is 13.2. The second-order valence-electron chi connectivity index (χ2n) is 6.66. The molecule has 9 heteroatoms. The quantitative estimate of drug-likeness (QED) is 0.633. The van der Waals surface area contributed by atoms with Gasteiger partial charge in [-0.05, 0) is 29.8 Å². The highest BCUT2D eigenvalue weighted by molar-refractivity contribution is 5.72. The van der Waals surface area contributed by atoms with Gasteiger partial charge in [-0.3, -0.25) is 14.0 Å². The molecule has 30 heavy (non-hydrogen) atoms. The summed E-state index contributed by atoms with van der Waals surface area (Å²) < 4.78 is 22.9. The number of esters is 1. The van der Waals surface area contributed by atoms with Crippen molar-refractivity contribution in [1.82, 2.24) is 9.38 Å². The molecule has 9 nitrogen and oxygen atoms in total. The van der Waals surface area contributed by atoms with E-state index in [-0.39, 0.29) is 12.0 Å². The van der Waals surface area contributed by atoms with Crippen LogP contribution in [0.3, 0.4) is 0 Å². The maximum Gasteiger partial charge on any atom is 0.306 e. The Morgan fingerprint density at radius 1 is 1.27 bits per heavy atom. The lowest BCUT2D eigenvalue weighted by Crippen LogP contribution is -2.24. The highest BCUT2D eigenvalue weighted by Crippen LogP contribution is 2.44. The minimum atomic E-state index is -0.848. The molecule has 0 bridgehead atoms. The Kier molecular flexibility index (Phi) is 5.18. The van der Waals surface area contributed by atoms with Gasteiger partial charge in [0.2, 0.25) is 11.6 Å². The Bertz CT molecular complexity index is 1150. The average Bonchev–Trinajstić information content (AvgIpc) is 2.77. The molecule has 0 aliphatic carbocycles. The molecule has 1 aliphatic heterocycles. The van der Waals surface area contributed by atoms with Crippen LogP contribution in [0.25, 0.3) is 5.65 Å². The van der Waals surface area contributed by atoms with E-state index in [4.69, 9.17) is 18.9 Å². The van der Waals surface area contributed by atoms with Crippen LogP contribution < -0.4 is 19.8 Å². The number of rotatable bonds is 5. The molecule has 0 fully saturated rings. The lowest BCUT2D eigenvalue weighted by Gasteiger charge is -2.24. The summed E-state index contributed by atoms with van der Waals surface area (Å²) in [5, 5.41) is 10.6. The molecule has 0 spiro atoms. The van der Waals surface area contributed by atoms with Crippen LogP contribution in [0.2, 0.25) is 0 Å². The lowest BCUT2D eigenvalue weighted by molar-refractivity contribution is -0.140. The number of aromatic hydroxyl groups is 1. The minimum Gasteiger partial charge on any atom is -0.493 e. The van der Waals surface area contributed by atoms with Crippen LogP contribution in [-0.4, -0.2) is 47.9 Å². The van der Waals surface area contributed by atoms with Crippen molar-refractivity contribution in [2.75, 3.05) is 27.4 Å². The smallest absolute Gasteiger partial charge is 0.306 e. The number of fused-ring (bicyclic) bond motifs is 2. The van der Waals surface area contributed by atoms with Gasteiger partial charge in [0, 0.05) is 12.1 Å². The fourth-order valence-corrected chi connectivity index (χ4v) is 3.53. The fourth-order valence-electron chi connectivity index (χ4n) is 3.53. The van der Waals surface area contributed by atoms with Crippen molar-refractivity contribution in [2.24, 2.45) is 0 Å². The van der Waals surface area contributed by atoms with Crippen molar-refractivity contribution in [2.45, 2.75) is 12.3 Å². The highest BCUT2D eigenvalue weighted by atomic mass is 16.6. The topological polar surface area (TPSA) is 109 Å². The molecular weight excluding hydrogens is 392 g/mol. The molecule has 156 valence electrons. The first-order valence-corrected chi connectivity index (χ1v) is 9.28. The number of carbonyl (C=O) groups excluding carboxylic acids is 1. The van der Waals surface area contributed by atoms with Crippen LogP contribution in [-0.2, 0) is 9.53 Å². The Morgan fingerprint density at radius 3 is 2.83 bits per heavy atom. The highest BCUT2D eigenvalue weighted by Gasteiger charge is 2.30. The van der Waals surface area contributed by atoms with Crippen molar-refractivity contribution in [3.63, 3.8) is 0 Å². The number of hydrogen-bond donors (Lipinski definition) is 1. The van der Waals surface area contributed by atoms with Gasteiger partial charge >= 0.3 is 5.97 Å². The summed E-state index contributed by atoms with van der Waals surface area (Å²) in [7, 11) is 2.74. The van der Waals surface area contributed by atoms with Crippen molar-refractivity contribution < 1.29 is 28.8 Å². The largest absolute Gasteiger partial charge is 0.493 e. The molecule has 4 rings (SSSR count). The predicted octanol–water partition coefficient (Wildman–Crippen LogP) is 1.87. The Balaban J connectivity index is 1.94. The molecule has 1 atom stereocenters. The maximum absolute atomic E-state index is 13.2. The van der Waals surface area contributed by atoms with Crippen molar-refractivity contribution >= 4 is 11.6 Å². The summed E-state index contributed by atoms with van der Waals surface area (Å²) in [5.74, 6) is -0.579. The van der Waals surface area contributed by atoms with Gasteiger partial charge in [0.25, 0.3) is 5.56 Å². The molecule has 3 aromatic rings. The first kappa shape index (κ1) is 19.6. The van der Waals surface area contributed by atoms with Crippen LogP contribution in [0.5, 0.6) is 23.1 Å². The van der Waals surface area contributed by atoms with E-state index in [1.165, 1.54) is 18.6 Å². The van der Waals surface area contributed by atoms with Crippen molar-refractivity contribution in [3.05, 3.63) is 58.0 Å². The second-order valence-corrected chi connectivity index (χ2v) is 6.66. The normalized spacial score (nSPS) is 13.7. The third-order valence-electron chi connectivity index (χ3n) is 4.95. The monoisotopic (exact) mass is 412 g/mol. The number of hydrogen-bond acceptors (Lipinski definition) is 8. The van der Waals surface area contributed by atoms with Crippen molar-refractivity contribution in [1.29, 1.82) is 0 Å². The van der Waals surface area contributed by atoms with Crippen LogP contribution in [0, 0.1) is 0 Å². The van der Waals surface area contributed by atoms with E-state index in [9.17, 15) is 14.7 Å². The van der Waals surface area contributed by atoms with E-state index in [0.717, 1.165) is 0 Å². The molecule has 3 heterocycles. The van der Waals surface area contributed by atoms with Crippen LogP contribution in [0.4, 0.5) is 0 Å². The Hall–Kier alpha value is -3.75. The van der Waals surface area contributed by atoms with E-state index in [0.29, 0.717) is 41.7 Å². The van der Waals surface area contributed by atoms with Crippen LogP contribution in [0.15, 0.2) is 41.3 Å². The summed E-state index contributed by atoms with van der Waals surface area (Å²) >= 11 is 0. The standard InChI is InChI=1S/C21H20N2O7/c1-27-14-9-12(10-15-19(14)30-8-7-29-15)13(11-17(24)28-2)18-20(25)22-16-5-3-4-6-23(16)21(18)26/h3-6,9-10,13,25H,7-8,11H2,1-2H3/t13-/m1/s1. The van der Waals surface area contributed by atoms with Gasteiger partial charge < -0.3 is 24.1 Å². The molecule has 0 saturated carbocycles. The predicted molar refractivity (Wildman–Crippen MR) is 106 cm³/mol. The molecule has 1 aromatic carbocycles. The molecule has 0 saturated heterocycles. The zero-order valence-electron chi connectivity index (χ0n) is 16.5. The van der Waals surface area contributed by atoms with Gasteiger partial charge in [-0.2, -0.15) is 4.98 Å². The first-order valence-electron chi connectivity index (χ1n) is 9.28. The molecule has 1 aliphatic rings. The van der Waals surface area contributed by atoms with Gasteiger partial charge in [0.1, 0.15) is 18.9 Å². The average molecular weight is 412 g/mol. The number of pyridine rings is 1. The SMILES string of the molecule is COC(=O)C[C@H](c1cc(OC)c2c(c1)OCCO2)c1c(O)nc2ccccn2c1=O. The number of methoxy groups -OCH3 is 2. The number of carbonyl (C=O) groups is 1. The zero-order valence-corrected chi connectivity index (χ0v) is 16.5. The van der Waals surface area contributed by atoms with E-state index >= 15 is 0 Å². The molecule has 0 radical (unpaired) electrons. The fraction of sp³-hybridized carbons (Fsp3) is 0.286. The number of ether oxygens (including phenoxy) is 4.